The van der Waals surface area contributed by atoms with Crippen LogP contribution in [0.5, 0.6) is 0 Å². The van der Waals surface area contributed by atoms with Gasteiger partial charge in [0.25, 0.3) is 0 Å². The van der Waals surface area contributed by atoms with Gasteiger partial charge in [-0.3, -0.25) is 4.79 Å². The maximum Gasteiger partial charge on any atom is 0.230 e. The number of benzene rings is 1. The fourth-order valence-corrected chi connectivity index (χ4v) is 4.54. The van der Waals surface area contributed by atoms with Crippen molar-refractivity contribution in [2.24, 2.45) is 0 Å². The van der Waals surface area contributed by atoms with Crippen LogP contribution in [0, 0.1) is 6.92 Å². The Kier molecular flexibility index (Phi) is 6.34. The molecule has 7 heteroatoms. The zero-order valence-electron chi connectivity index (χ0n) is 16.6. The van der Waals surface area contributed by atoms with Gasteiger partial charge in [-0.2, -0.15) is 0 Å². The van der Waals surface area contributed by atoms with Crippen LogP contribution in [-0.4, -0.2) is 32.5 Å². The average Bonchev–Trinajstić information content (AvgIpc) is 3.47. The van der Waals surface area contributed by atoms with Gasteiger partial charge in [0, 0.05) is 12.6 Å². The molecule has 2 aromatic heterocycles. The van der Waals surface area contributed by atoms with Crippen LogP contribution in [0.15, 0.2) is 52.2 Å². The third kappa shape index (κ3) is 4.90. The lowest BCUT2D eigenvalue weighted by molar-refractivity contribution is -0.119. The number of aryl methyl sites for hydroxylation is 2. The Morgan fingerprint density at radius 2 is 2.00 bits per heavy atom. The molecule has 1 amide bonds. The Balaban J connectivity index is 1.49. The molecule has 1 aliphatic carbocycles. The lowest BCUT2D eigenvalue weighted by Crippen LogP contribution is -2.33. The number of rotatable bonds is 8. The SMILES string of the molecule is Cc1occc1-c1nnc(SCC(=O)NC2CCCC2)n1CCc1ccccc1. The van der Waals surface area contributed by atoms with E-state index in [-0.39, 0.29) is 5.91 Å². The van der Waals surface area contributed by atoms with Crippen LogP contribution in [0.3, 0.4) is 0 Å². The van der Waals surface area contributed by atoms with Gasteiger partial charge >= 0.3 is 0 Å². The standard InChI is InChI=1S/C22H26N4O2S/c1-16-19(12-14-28-16)21-24-25-22(26(21)13-11-17-7-3-2-4-8-17)29-15-20(27)23-18-9-5-6-10-18/h2-4,7-8,12,14,18H,5-6,9-11,13,15H2,1H3,(H,23,27). The number of hydrogen-bond donors (Lipinski definition) is 1. The normalized spacial score (nSPS) is 14.4. The van der Waals surface area contributed by atoms with Gasteiger partial charge in [0.2, 0.25) is 5.91 Å². The number of hydrogen-bond acceptors (Lipinski definition) is 5. The molecule has 0 radical (unpaired) electrons. The predicted octanol–water partition coefficient (Wildman–Crippen LogP) is 4.24. The van der Waals surface area contributed by atoms with E-state index in [0.717, 1.165) is 48.1 Å². The second-order valence-corrected chi connectivity index (χ2v) is 8.36. The molecule has 0 spiro atoms. The Morgan fingerprint density at radius 1 is 1.21 bits per heavy atom. The third-order valence-electron chi connectivity index (χ3n) is 5.34. The first-order chi connectivity index (χ1) is 14.2. The van der Waals surface area contributed by atoms with Crippen LogP contribution in [0.1, 0.15) is 37.0 Å². The molecule has 0 bridgehead atoms. The number of thioether (sulfide) groups is 1. The van der Waals surface area contributed by atoms with Crippen molar-refractivity contribution >= 4 is 17.7 Å². The molecule has 1 aliphatic rings. The number of carbonyl (C=O) groups excluding carboxylic acids is 1. The number of furan rings is 1. The van der Waals surface area contributed by atoms with E-state index >= 15 is 0 Å². The molecular formula is C22H26N4O2S. The van der Waals surface area contributed by atoms with Gasteiger partial charge in [-0.05, 0) is 37.8 Å². The Hall–Kier alpha value is -2.54. The Morgan fingerprint density at radius 3 is 2.72 bits per heavy atom. The molecule has 0 aliphatic heterocycles. The Labute approximate surface area is 175 Å². The molecule has 152 valence electrons. The van der Waals surface area contributed by atoms with Crippen molar-refractivity contribution in [1.82, 2.24) is 20.1 Å². The van der Waals surface area contributed by atoms with Crippen molar-refractivity contribution < 1.29 is 9.21 Å². The number of nitrogens with zero attached hydrogens (tertiary/aromatic N) is 3. The van der Waals surface area contributed by atoms with Crippen LogP contribution >= 0.6 is 11.8 Å². The average molecular weight is 411 g/mol. The van der Waals surface area contributed by atoms with Crippen molar-refractivity contribution in [2.75, 3.05) is 5.75 Å². The molecule has 2 heterocycles. The minimum absolute atomic E-state index is 0.0700. The highest BCUT2D eigenvalue weighted by atomic mass is 32.2. The summed E-state index contributed by atoms with van der Waals surface area (Å²) in [4.78, 5) is 12.3. The van der Waals surface area contributed by atoms with Crippen molar-refractivity contribution in [3.05, 3.63) is 54.0 Å². The van der Waals surface area contributed by atoms with E-state index in [1.54, 1.807) is 6.26 Å². The van der Waals surface area contributed by atoms with Crippen LogP contribution in [0.2, 0.25) is 0 Å². The van der Waals surface area contributed by atoms with Gasteiger partial charge in [0.1, 0.15) is 5.76 Å². The van der Waals surface area contributed by atoms with Gasteiger partial charge in [0.05, 0.1) is 17.6 Å². The van der Waals surface area contributed by atoms with Crippen LogP contribution < -0.4 is 5.32 Å². The first-order valence-electron chi connectivity index (χ1n) is 10.1. The number of carbonyl (C=O) groups is 1. The third-order valence-corrected chi connectivity index (χ3v) is 6.30. The van der Waals surface area contributed by atoms with E-state index < -0.39 is 0 Å². The minimum Gasteiger partial charge on any atom is -0.469 e. The van der Waals surface area contributed by atoms with E-state index in [9.17, 15) is 4.79 Å². The van der Waals surface area contributed by atoms with Crippen molar-refractivity contribution in [3.63, 3.8) is 0 Å². The summed E-state index contributed by atoms with van der Waals surface area (Å²) in [5, 5.41) is 12.7. The monoisotopic (exact) mass is 410 g/mol. The van der Waals surface area contributed by atoms with E-state index in [1.807, 2.05) is 31.2 Å². The molecule has 4 rings (SSSR count). The van der Waals surface area contributed by atoms with Gasteiger partial charge in [-0.25, -0.2) is 0 Å². The summed E-state index contributed by atoms with van der Waals surface area (Å²) in [6.07, 6.45) is 7.13. The lowest BCUT2D eigenvalue weighted by atomic mass is 10.1. The fourth-order valence-electron chi connectivity index (χ4n) is 3.77. The summed E-state index contributed by atoms with van der Waals surface area (Å²) in [7, 11) is 0. The quantitative estimate of drug-likeness (QED) is 0.562. The van der Waals surface area contributed by atoms with E-state index in [4.69, 9.17) is 4.42 Å². The molecule has 0 atom stereocenters. The molecule has 1 fully saturated rings. The maximum atomic E-state index is 12.3. The van der Waals surface area contributed by atoms with Crippen molar-refractivity contribution in [3.8, 4) is 11.4 Å². The number of nitrogens with one attached hydrogen (secondary N) is 1. The van der Waals surface area contributed by atoms with Gasteiger partial charge in [-0.15, -0.1) is 10.2 Å². The van der Waals surface area contributed by atoms with Crippen molar-refractivity contribution in [1.29, 1.82) is 0 Å². The topological polar surface area (TPSA) is 72.9 Å². The van der Waals surface area contributed by atoms with Crippen LogP contribution in [0.25, 0.3) is 11.4 Å². The summed E-state index contributed by atoms with van der Waals surface area (Å²) in [6, 6.07) is 12.6. The zero-order chi connectivity index (χ0) is 20.1. The smallest absolute Gasteiger partial charge is 0.230 e. The number of amides is 1. The van der Waals surface area contributed by atoms with Crippen LogP contribution in [-0.2, 0) is 17.8 Å². The molecule has 0 unspecified atom stereocenters. The van der Waals surface area contributed by atoms with Gasteiger partial charge in [0.15, 0.2) is 11.0 Å². The van der Waals surface area contributed by atoms with Gasteiger partial charge in [-0.1, -0.05) is 54.9 Å². The Bertz CT molecular complexity index is 945. The first kappa shape index (κ1) is 19.8. The van der Waals surface area contributed by atoms with Crippen LogP contribution in [0.4, 0.5) is 0 Å². The van der Waals surface area contributed by atoms with E-state index in [0.29, 0.717) is 11.8 Å². The molecular weight excluding hydrogens is 384 g/mol. The molecule has 1 aromatic carbocycles. The summed E-state index contributed by atoms with van der Waals surface area (Å²) in [5.41, 5.74) is 2.19. The zero-order valence-corrected chi connectivity index (χ0v) is 17.5. The molecule has 1 saturated carbocycles. The summed E-state index contributed by atoms with van der Waals surface area (Å²) >= 11 is 1.44. The second kappa shape index (κ2) is 9.31. The fraction of sp³-hybridized carbons (Fsp3) is 0.409. The molecule has 29 heavy (non-hydrogen) atoms. The highest BCUT2D eigenvalue weighted by molar-refractivity contribution is 7.99. The second-order valence-electron chi connectivity index (χ2n) is 7.42. The predicted molar refractivity (Wildman–Crippen MR) is 114 cm³/mol. The molecule has 3 aromatic rings. The highest BCUT2D eigenvalue weighted by Crippen LogP contribution is 2.27. The largest absolute Gasteiger partial charge is 0.469 e. The van der Waals surface area contributed by atoms with Gasteiger partial charge < -0.3 is 14.3 Å². The summed E-state index contributed by atoms with van der Waals surface area (Å²) < 4.78 is 7.56. The first-order valence-corrected chi connectivity index (χ1v) is 11.1. The maximum absolute atomic E-state index is 12.3. The van der Waals surface area contributed by atoms with E-state index in [2.05, 4.69) is 32.2 Å². The minimum atomic E-state index is 0.0700. The molecule has 0 saturated heterocycles. The number of aromatic nitrogens is 3. The summed E-state index contributed by atoms with van der Waals surface area (Å²) in [6.45, 7) is 2.66. The van der Waals surface area contributed by atoms with Crippen molar-refractivity contribution in [2.45, 2.75) is 56.8 Å². The van der Waals surface area contributed by atoms with E-state index in [1.165, 1.54) is 30.2 Å². The lowest BCUT2D eigenvalue weighted by Gasteiger charge is -2.12. The summed E-state index contributed by atoms with van der Waals surface area (Å²) in [5.74, 6) is 2.02. The molecule has 6 nitrogen and oxygen atoms in total. The molecule has 1 N–H and O–H groups in total. The highest BCUT2D eigenvalue weighted by Gasteiger charge is 2.20.